The predicted molar refractivity (Wildman–Crippen MR) is 129 cm³/mol. The zero-order chi connectivity index (χ0) is 23.8. The van der Waals surface area contributed by atoms with Gasteiger partial charge in [-0.25, -0.2) is 8.42 Å². The first-order chi connectivity index (χ1) is 15.8. The van der Waals surface area contributed by atoms with Crippen LogP contribution in [0.2, 0.25) is 0 Å². The van der Waals surface area contributed by atoms with Gasteiger partial charge in [0.2, 0.25) is 5.91 Å². The molecule has 3 N–H and O–H groups in total. The second-order valence-corrected chi connectivity index (χ2v) is 9.37. The summed E-state index contributed by atoms with van der Waals surface area (Å²) >= 11 is 0. The molecule has 172 valence electrons. The molecule has 2 unspecified atom stereocenters. The lowest BCUT2D eigenvalue weighted by Gasteiger charge is -2.23. The van der Waals surface area contributed by atoms with Crippen LogP contribution in [0, 0.1) is 5.92 Å². The molecule has 3 aromatic carbocycles. The quantitative estimate of drug-likeness (QED) is 0.439. The number of para-hydroxylation sites is 1. The first kappa shape index (κ1) is 24.0. The number of hydrogen-bond acceptors (Lipinski definition) is 4. The van der Waals surface area contributed by atoms with E-state index in [9.17, 15) is 18.0 Å². The molecule has 0 saturated heterocycles. The molecule has 0 heterocycles. The summed E-state index contributed by atoms with van der Waals surface area (Å²) in [6.45, 7) is 3.83. The molecule has 2 amide bonds. The average molecular weight is 466 g/mol. The molecule has 0 bridgehead atoms. The van der Waals surface area contributed by atoms with Crippen molar-refractivity contribution in [2.75, 3.05) is 10.0 Å². The van der Waals surface area contributed by atoms with Gasteiger partial charge in [0.1, 0.15) is 6.04 Å². The van der Waals surface area contributed by atoms with Gasteiger partial charge in [0.15, 0.2) is 0 Å². The lowest BCUT2D eigenvalue weighted by Crippen LogP contribution is -2.47. The van der Waals surface area contributed by atoms with Crippen molar-refractivity contribution >= 4 is 33.2 Å². The maximum atomic E-state index is 12.9. The topological polar surface area (TPSA) is 104 Å². The van der Waals surface area contributed by atoms with Crippen molar-refractivity contribution in [3.8, 4) is 0 Å². The van der Waals surface area contributed by atoms with Crippen LogP contribution in [0.15, 0.2) is 89.8 Å². The molecule has 0 aromatic heterocycles. The number of nitrogens with one attached hydrogen (secondary N) is 3. The predicted octanol–water partition coefficient (Wildman–Crippen LogP) is 4.27. The Hall–Kier alpha value is -3.65. The molecule has 0 aliphatic heterocycles. The van der Waals surface area contributed by atoms with Crippen molar-refractivity contribution in [3.05, 3.63) is 90.5 Å². The Balaban J connectivity index is 1.70. The van der Waals surface area contributed by atoms with Gasteiger partial charge in [0.05, 0.1) is 4.90 Å². The minimum atomic E-state index is -3.76. The molecule has 0 aliphatic carbocycles. The fourth-order valence-electron chi connectivity index (χ4n) is 3.17. The van der Waals surface area contributed by atoms with Gasteiger partial charge in [0.25, 0.3) is 15.9 Å². The van der Waals surface area contributed by atoms with Crippen LogP contribution in [0.5, 0.6) is 0 Å². The summed E-state index contributed by atoms with van der Waals surface area (Å²) in [7, 11) is -3.76. The van der Waals surface area contributed by atoms with E-state index in [2.05, 4.69) is 15.4 Å². The van der Waals surface area contributed by atoms with Gasteiger partial charge in [-0.3, -0.25) is 14.3 Å². The first-order valence-corrected chi connectivity index (χ1v) is 12.1. The zero-order valence-corrected chi connectivity index (χ0v) is 19.3. The zero-order valence-electron chi connectivity index (χ0n) is 18.5. The van der Waals surface area contributed by atoms with E-state index in [1.807, 2.05) is 19.9 Å². The molecule has 0 fully saturated rings. The number of carbonyl (C=O) groups is 2. The van der Waals surface area contributed by atoms with Crippen LogP contribution in [0.1, 0.15) is 30.6 Å². The Morgan fingerprint density at radius 2 is 1.39 bits per heavy atom. The molecule has 0 saturated carbocycles. The van der Waals surface area contributed by atoms with Gasteiger partial charge in [0, 0.05) is 16.9 Å². The normalized spacial score (nSPS) is 12.9. The van der Waals surface area contributed by atoms with Crippen LogP contribution in [0.25, 0.3) is 0 Å². The maximum Gasteiger partial charge on any atom is 0.261 e. The van der Waals surface area contributed by atoms with E-state index in [1.54, 1.807) is 54.6 Å². The Bertz CT molecular complexity index is 1180. The second kappa shape index (κ2) is 10.8. The van der Waals surface area contributed by atoms with Crippen molar-refractivity contribution < 1.29 is 18.0 Å². The third kappa shape index (κ3) is 6.43. The molecular weight excluding hydrogens is 438 g/mol. The van der Waals surface area contributed by atoms with Crippen LogP contribution >= 0.6 is 0 Å². The van der Waals surface area contributed by atoms with Gasteiger partial charge in [-0.1, -0.05) is 56.7 Å². The van der Waals surface area contributed by atoms with Crippen molar-refractivity contribution in [2.24, 2.45) is 5.92 Å². The Kier molecular flexibility index (Phi) is 7.84. The number of hydrogen-bond donors (Lipinski definition) is 3. The van der Waals surface area contributed by atoms with Gasteiger partial charge >= 0.3 is 0 Å². The minimum absolute atomic E-state index is 0.0696. The Morgan fingerprint density at radius 3 is 1.97 bits per heavy atom. The van der Waals surface area contributed by atoms with Gasteiger partial charge in [-0.2, -0.15) is 0 Å². The molecule has 7 nitrogen and oxygen atoms in total. The average Bonchev–Trinajstić information content (AvgIpc) is 2.83. The van der Waals surface area contributed by atoms with E-state index >= 15 is 0 Å². The summed E-state index contributed by atoms with van der Waals surface area (Å²) in [6, 6.07) is 22.4. The highest BCUT2D eigenvalue weighted by Crippen LogP contribution is 2.19. The number of sulfonamides is 1. The molecule has 3 rings (SSSR count). The third-order valence-corrected chi connectivity index (χ3v) is 6.67. The maximum absolute atomic E-state index is 12.9. The molecule has 0 radical (unpaired) electrons. The summed E-state index contributed by atoms with van der Waals surface area (Å²) < 4.78 is 27.7. The highest BCUT2D eigenvalue weighted by Gasteiger charge is 2.26. The fourth-order valence-corrected chi connectivity index (χ4v) is 4.23. The summed E-state index contributed by atoms with van der Waals surface area (Å²) in [4.78, 5) is 25.6. The number of carbonyl (C=O) groups excluding carboxylic acids is 2. The second-order valence-electron chi connectivity index (χ2n) is 7.69. The van der Waals surface area contributed by atoms with Crippen molar-refractivity contribution in [2.45, 2.75) is 31.2 Å². The van der Waals surface area contributed by atoms with Gasteiger partial charge in [-0.05, 0) is 54.4 Å². The summed E-state index contributed by atoms with van der Waals surface area (Å²) in [5, 5.41) is 5.58. The van der Waals surface area contributed by atoms with Gasteiger partial charge < -0.3 is 10.6 Å². The molecule has 2 atom stereocenters. The minimum Gasteiger partial charge on any atom is -0.340 e. The van der Waals surface area contributed by atoms with Crippen molar-refractivity contribution in [1.29, 1.82) is 0 Å². The molecule has 0 aliphatic rings. The Morgan fingerprint density at radius 1 is 0.818 bits per heavy atom. The largest absolute Gasteiger partial charge is 0.340 e. The third-order valence-electron chi connectivity index (χ3n) is 5.28. The molecule has 3 aromatic rings. The van der Waals surface area contributed by atoms with Crippen LogP contribution in [-0.2, 0) is 14.8 Å². The first-order valence-electron chi connectivity index (χ1n) is 10.6. The van der Waals surface area contributed by atoms with Crippen LogP contribution < -0.4 is 15.4 Å². The smallest absolute Gasteiger partial charge is 0.261 e. The fraction of sp³-hybridized carbons (Fsp3) is 0.200. The SMILES string of the molecule is CCC(C)C(NC(=O)c1ccccc1)C(=O)Nc1ccc(S(=O)(=O)Nc2ccccc2)cc1. The van der Waals surface area contributed by atoms with E-state index in [1.165, 1.54) is 24.3 Å². The van der Waals surface area contributed by atoms with Crippen LogP contribution in [0.4, 0.5) is 11.4 Å². The van der Waals surface area contributed by atoms with Crippen LogP contribution in [-0.4, -0.2) is 26.3 Å². The summed E-state index contributed by atoms with van der Waals surface area (Å²) in [5.74, 6) is -0.802. The summed E-state index contributed by atoms with van der Waals surface area (Å²) in [6.07, 6.45) is 0.690. The van der Waals surface area contributed by atoms with Crippen molar-refractivity contribution in [3.63, 3.8) is 0 Å². The van der Waals surface area contributed by atoms with E-state index < -0.39 is 16.1 Å². The number of benzene rings is 3. The van der Waals surface area contributed by atoms with E-state index in [-0.39, 0.29) is 22.6 Å². The lowest BCUT2D eigenvalue weighted by molar-refractivity contribution is -0.119. The van der Waals surface area contributed by atoms with E-state index in [4.69, 9.17) is 0 Å². The number of anilines is 2. The van der Waals surface area contributed by atoms with Crippen LogP contribution in [0.3, 0.4) is 0 Å². The van der Waals surface area contributed by atoms with Gasteiger partial charge in [-0.15, -0.1) is 0 Å². The number of amides is 2. The van der Waals surface area contributed by atoms with E-state index in [0.29, 0.717) is 23.4 Å². The Labute approximate surface area is 194 Å². The van der Waals surface area contributed by atoms with Crippen molar-refractivity contribution in [1.82, 2.24) is 5.32 Å². The number of rotatable bonds is 9. The standard InChI is InChI=1S/C25H27N3O4S/c1-3-18(2)23(27-24(29)19-10-6-4-7-11-19)25(30)26-20-14-16-22(17-15-20)33(31,32)28-21-12-8-5-9-13-21/h4-18,23,28H,3H2,1-2H3,(H,26,30)(H,27,29). The molecule has 8 heteroatoms. The molecular formula is C25H27N3O4S. The summed E-state index contributed by atoms with van der Waals surface area (Å²) in [5.41, 5.74) is 1.36. The highest BCUT2D eigenvalue weighted by atomic mass is 32.2. The lowest BCUT2D eigenvalue weighted by atomic mass is 9.97. The van der Waals surface area contributed by atoms with E-state index in [0.717, 1.165) is 0 Å². The molecule has 33 heavy (non-hydrogen) atoms. The molecule has 0 spiro atoms. The highest BCUT2D eigenvalue weighted by molar-refractivity contribution is 7.92. The monoisotopic (exact) mass is 465 g/mol.